The fourth-order valence-electron chi connectivity index (χ4n) is 2.58. The molecule has 0 heterocycles. The van der Waals surface area contributed by atoms with Gasteiger partial charge in [-0.25, -0.2) is 0 Å². The first-order valence-electron chi connectivity index (χ1n) is 8.87. The van der Waals surface area contributed by atoms with Crippen LogP contribution in [-0.4, -0.2) is 11.8 Å². The summed E-state index contributed by atoms with van der Waals surface area (Å²) in [5.74, 6) is 0.219. The second-order valence-corrected chi connectivity index (χ2v) is 5.86. The van der Waals surface area contributed by atoms with E-state index in [0.717, 1.165) is 24.8 Å². The summed E-state index contributed by atoms with van der Waals surface area (Å²) in [7, 11) is 0. The van der Waals surface area contributed by atoms with E-state index in [-0.39, 0.29) is 19.2 Å². The maximum atomic E-state index is 12.0. The molecule has 1 aliphatic rings. The van der Waals surface area contributed by atoms with E-state index >= 15 is 0 Å². The summed E-state index contributed by atoms with van der Waals surface area (Å²) in [5, 5.41) is 0. The van der Waals surface area contributed by atoms with Crippen molar-refractivity contribution in [2.24, 2.45) is 11.7 Å². The smallest absolute Gasteiger partial charge is 0.152 e. The number of rotatable bonds is 6. The van der Waals surface area contributed by atoms with Crippen LogP contribution >= 0.6 is 0 Å². The number of benzene rings is 1. The molecule has 2 atom stereocenters. The van der Waals surface area contributed by atoms with Crippen LogP contribution in [0.1, 0.15) is 59.5 Å². The van der Waals surface area contributed by atoms with E-state index in [1.807, 2.05) is 27.7 Å². The molecule has 2 heteroatoms. The van der Waals surface area contributed by atoms with Gasteiger partial charge in [-0.2, -0.15) is 0 Å². The summed E-state index contributed by atoms with van der Waals surface area (Å²) in [4.78, 5) is 12.0. The van der Waals surface area contributed by atoms with Crippen molar-refractivity contribution in [1.82, 2.24) is 0 Å². The number of carbonyl (C=O) groups excluding carboxylic acids is 1. The lowest BCUT2D eigenvalue weighted by Gasteiger charge is -2.15. The van der Waals surface area contributed by atoms with Crippen molar-refractivity contribution in [3.05, 3.63) is 53.6 Å². The van der Waals surface area contributed by atoms with E-state index in [1.54, 1.807) is 0 Å². The Hall–Kier alpha value is -1.67. The highest BCUT2D eigenvalue weighted by Crippen LogP contribution is 2.22. The number of hydrogen-bond acceptors (Lipinski definition) is 2. The Bertz CT molecular complexity index is 545. The number of Topliss-reactive ketones (excluding diaryl/α,β-unsaturated/α-hetero) is 1. The van der Waals surface area contributed by atoms with Gasteiger partial charge < -0.3 is 5.73 Å². The number of hydrogen-bond donors (Lipinski definition) is 1. The molecule has 0 saturated heterocycles. The van der Waals surface area contributed by atoms with Crippen LogP contribution in [0.25, 0.3) is 5.57 Å². The number of nitrogens with two attached hydrogens (primary N) is 1. The van der Waals surface area contributed by atoms with Crippen molar-refractivity contribution >= 4 is 11.4 Å². The molecule has 0 aliphatic heterocycles. The first-order valence-corrected chi connectivity index (χ1v) is 8.87. The number of ketones is 1. The zero-order chi connectivity index (χ0) is 17.2. The van der Waals surface area contributed by atoms with Gasteiger partial charge in [-0.1, -0.05) is 70.2 Å². The van der Waals surface area contributed by atoms with E-state index in [0.29, 0.717) is 6.42 Å². The predicted molar refractivity (Wildman–Crippen MR) is 102 cm³/mol. The maximum absolute atomic E-state index is 12.0. The standard InChI is InChI=1S/C19H25NO.C2H6.H2/c1-3-14(2)19(21)18(20)13-15-9-11-17(12-10-15)16-7-5-4-6-8-16;1-2;/h5,7-12,14,18H,3-4,6,13,20H2,1-2H3;1-2H3;1H/t14?,18-;;/m0../s1. The monoisotopic (exact) mass is 315 g/mol. The average molecular weight is 316 g/mol. The zero-order valence-corrected chi connectivity index (χ0v) is 15.0. The topological polar surface area (TPSA) is 43.1 Å². The van der Waals surface area contributed by atoms with Gasteiger partial charge in [0.1, 0.15) is 0 Å². The molecule has 1 aromatic carbocycles. The van der Waals surface area contributed by atoms with Gasteiger partial charge >= 0.3 is 0 Å². The molecule has 2 N–H and O–H groups in total. The second kappa shape index (κ2) is 10.2. The van der Waals surface area contributed by atoms with E-state index in [1.165, 1.54) is 11.1 Å². The molecule has 2 nitrogen and oxygen atoms in total. The third kappa shape index (κ3) is 5.80. The molecule has 1 aliphatic carbocycles. The van der Waals surface area contributed by atoms with Crippen molar-refractivity contribution < 1.29 is 6.22 Å². The van der Waals surface area contributed by atoms with E-state index in [9.17, 15) is 4.79 Å². The minimum atomic E-state index is -0.389. The Labute approximate surface area is 143 Å². The third-order valence-corrected chi connectivity index (χ3v) is 4.20. The Morgan fingerprint density at radius 3 is 2.39 bits per heavy atom. The highest BCUT2D eigenvalue weighted by atomic mass is 16.1. The van der Waals surface area contributed by atoms with Crippen molar-refractivity contribution in [2.45, 2.75) is 59.4 Å². The summed E-state index contributed by atoms with van der Waals surface area (Å²) < 4.78 is 0. The summed E-state index contributed by atoms with van der Waals surface area (Å²) in [5.41, 5.74) is 9.68. The van der Waals surface area contributed by atoms with E-state index in [2.05, 4.69) is 42.5 Å². The van der Waals surface area contributed by atoms with Gasteiger partial charge in [-0.05, 0) is 42.4 Å². The molecule has 0 amide bonds. The van der Waals surface area contributed by atoms with Gasteiger partial charge in [-0.15, -0.1) is 0 Å². The van der Waals surface area contributed by atoms with Crippen LogP contribution in [0.3, 0.4) is 0 Å². The lowest BCUT2D eigenvalue weighted by molar-refractivity contribution is -0.123. The van der Waals surface area contributed by atoms with Crippen molar-refractivity contribution in [3.8, 4) is 0 Å². The molecule has 0 spiro atoms. The van der Waals surface area contributed by atoms with Gasteiger partial charge in [0.05, 0.1) is 6.04 Å². The Balaban J connectivity index is 0.00000170. The minimum Gasteiger partial charge on any atom is -0.321 e. The summed E-state index contributed by atoms with van der Waals surface area (Å²) in [6.07, 6.45) is 10.4. The molecule has 0 bridgehead atoms. The van der Waals surface area contributed by atoms with Gasteiger partial charge in [0.25, 0.3) is 0 Å². The summed E-state index contributed by atoms with van der Waals surface area (Å²) >= 11 is 0. The highest BCUT2D eigenvalue weighted by Gasteiger charge is 2.19. The average Bonchev–Trinajstić information content (AvgIpc) is 2.63. The van der Waals surface area contributed by atoms with Crippen LogP contribution in [0, 0.1) is 5.92 Å². The minimum absolute atomic E-state index is 0. The lowest BCUT2D eigenvalue weighted by Crippen LogP contribution is -2.36. The number of carbonyl (C=O) groups is 1. The van der Waals surface area contributed by atoms with Crippen molar-refractivity contribution in [3.63, 3.8) is 0 Å². The number of allylic oxidation sites excluding steroid dienone is 4. The quantitative estimate of drug-likeness (QED) is 0.786. The van der Waals surface area contributed by atoms with Crippen LogP contribution in [0.15, 0.2) is 42.5 Å². The normalized spacial score (nSPS) is 16.0. The van der Waals surface area contributed by atoms with Gasteiger partial charge in [0.15, 0.2) is 5.78 Å². The van der Waals surface area contributed by atoms with Crippen molar-refractivity contribution in [2.75, 3.05) is 0 Å². The molecule has 0 aromatic heterocycles. The van der Waals surface area contributed by atoms with E-state index in [4.69, 9.17) is 5.73 Å². The first-order chi connectivity index (χ1) is 11.1. The van der Waals surface area contributed by atoms with Gasteiger partial charge in [-0.3, -0.25) is 4.79 Å². The van der Waals surface area contributed by atoms with Crippen molar-refractivity contribution in [1.29, 1.82) is 0 Å². The molecule has 1 aromatic rings. The SMILES string of the molecule is CC.CCC(C)C(=O)[C@@H](N)Cc1ccc(C2=CCCC=C2)cc1.[HH]. The highest BCUT2D eigenvalue weighted by molar-refractivity contribution is 5.86. The molecule has 2 rings (SSSR count). The molecular formula is C21H33NO. The third-order valence-electron chi connectivity index (χ3n) is 4.20. The fourth-order valence-corrected chi connectivity index (χ4v) is 2.58. The summed E-state index contributed by atoms with van der Waals surface area (Å²) in [6.45, 7) is 7.97. The van der Waals surface area contributed by atoms with Crippen LogP contribution in [0.2, 0.25) is 0 Å². The maximum Gasteiger partial charge on any atom is 0.152 e. The molecule has 128 valence electrons. The molecular weight excluding hydrogens is 282 g/mol. The first kappa shape index (κ1) is 19.4. The van der Waals surface area contributed by atoms with Crippen LogP contribution in [0.4, 0.5) is 0 Å². The molecule has 0 saturated carbocycles. The van der Waals surface area contributed by atoms with Crippen LogP contribution < -0.4 is 5.73 Å². The lowest BCUT2D eigenvalue weighted by atomic mass is 9.92. The molecule has 23 heavy (non-hydrogen) atoms. The predicted octanol–water partition coefficient (Wildman–Crippen LogP) is 5.18. The summed E-state index contributed by atoms with van der Waals surface area (Å²) in [6, 6.07) is 8.03. The largest absolute Gasteiger partial charge is 0.321 e. The zero-order valence-electron chi connectivity index (χ0n) is 15.0. The van der Waals surface area contributed by atoms with Gasteiger partial charge in [0.2, 0.25) is 0 Å². The Morgan fingerprint density at radius 1 is 1.22 bits per heavy atom. The molecule has 0 radical (unpaired) electrons. The van der Waals surface area contributed by atoms with Crippen LogP contribution in [0.5, 0.6) is 0 Å². The molecule has 0 fully saturated rings. The van der Waals surface area contributed by atoms with Gasteiger partial charge in [0, 0.05) is 7.34 Å². The van der Waals surface area contributed by atoms with E-state index < -0.39 is 0 Å². The second-order valence-electron chi connectivity index (χ2n) is 5.86. The fraction of sp³-hybridized carbons (Fsp3) is 0.476. The van der Waals surface area contributed by atoms with Crippen LogP contribution in [-0.2, 0) is 11.2 Å². The Morgan fingerprint density at radius 2 is 1.87 bits per heavy atom. The Kier molecular flexibility index (Phi) is 8.57. The molecule has 1 unspecified atom stereocenters.